The number of halogens is 2. The first-order valence-corrected chi connectivity index (χ1v) is 6.40. The molecule has 0 spiro atoms. The van der Waals surface area contributed by atoms with Gasteiger partial charge < -0.3 is 21.6 Å². The Labute approximate surface area is 123 Å². The van der Waals surface area contributed by atoms with Crippen LogP contribution in [0, 0.1) is 5.82 Å². The molecule has 106 valence electrons. The van der Waals surface area contributed by atoms with Crippen molar-refractivity contribution < 1.29 is 9.13 Å². The molecule has 1 heterocycles. The van der Waals surface area contributed by atoms with Crippen LogP contribution in [-0.4, -0.2) is 4.98 Å². The molecule has 0 aliphatic rings. The number of hydrogen-bond donors (Lipinski definition) is 4. The van der Waals surface area contributed by atoms with Crippen molar-refractivity contribution in [2.45, 2.75) is 6.61 Å². The van der Waals surface area contributed by atoms with E-state index in [9.17, 15) is 4.39 Å². The number of pyridine rings is 1. The van der Waals surface area contributed by atoms with Crippen molar-refractivity contribution in [1.82, 2.24) is 4.98 Å². The zero-order chi connectivity index (χ0) is 14.7. The molecular formula is C12H13BrFN5O. The summed E-state index contributed by atoms with van der Waals surface area (Å²) >= 11 is 3.11. The van der Waals surface area contributed by atoms with Crippen LogP contribution in [0.15, 0.2) is 28.7 Å². The second-order valence-electron chi connectivity index (χ2n) is 3.95. The molecule has 1 aromatic heterocycles. The highest BCUT2D eigenvalue weighted by molar-refractivity contribution is 9.10. The number of nitrogens with zero attached hydrogens (tertiary/aromatic N) is 1. The van der Waals surface area contributed by atoms with Gasteiger partial charge in [-0.2, -0.15) is 0 Å². The first-order valence-electron chi connectivity index (χ1n) is 5.61. The van der Waals surface area contributed by atoms with Gasteiger partial charge in [-0.3, -0.25) is 0 Å². The normalized spacial score (nSPS) is 10.3. The monoisotopic (exact) mass is 341 g/mol. The third kappa shape index (κ3) is 2.91. The molecule has 0 atom stereocenters. The van der Waals surface area contributed by atoms with Gasteiger partial charge in [-0.05, 0) is 22.0 Å². The first-order chi connectivity index (χ1) is 9.52. The molecule has 2 rings (SSSR count). The van der Waals surface area contributed by atoms with Crippen LogP contribution in [-0.2, 0) is 6.61 Å². The van der Waals surface area contributed by atoms with Crippen molar-refractivity contribution in [2.24, 2.45) is 5.84 Å². The Morgan fingerprint density at radius 3 is 2.80 bits per heavy atom. The highest BCUT2D eigenvalue weighted by atomic mass is 79.9. The van der Waals surface area contributed by atoms with Crippen molar-refractivity contribution in [3.05, 3.63) is 40.1 Å². The Morgan fingerprint density at radius 2 is 2.10 bits per heavy atom. The molecule has 0 aliphatic carbocycles. The van der Waals surface area contributed by atoms with Crippen molar-refractivity contribution in [3.63, 3.8) is 0 Å². The fourth-order valence-corrected chi connectivity index (χ4v) is 2.00. The Hall–Kier alpha value is -2.06. The topological polar surface area (TPSA) is 112 Å². The molecule has 2 aromatic rings. The fraction of sp³-hybridized carbons (Fsp3) is 0.0833. The molecule has 0 amide bonds. The molecule has 0 saturated heterocycles. The molecule has 0 fully saturated rings. The maximum Gasteiger partial charge on any atom is 0.169 e. The number of benzene rings is 1. The predicted molar refractivity (Wildman–Crippen MR) is 79.3 cm³/mol. The van der Waals surface area contributed by atoms with Crippen LogP contribution in [0.25, 0.3) is 0 Å². The Bertz CT molecular complexity index is 637. The molecule has 6 nitrogen and oxygen atoms in total. The van der Waals surface area contributed by atoms with Crippen molar-refractivity contribution >= 4 is 33.3 Å². The second kappa shape index (κ2) is 5.93. The molecule has 0 saturated carbocycles. The van der Waals surface area contributed by atoms with E-state index in [0.717, 1.165) is 0 Å². The van der Waals surface area contributed by atoms with E-state index in [0.29, 0.717) is 10.0 Å². The summed E-state index contributed by atoms with van der Waals surface area (Å²) in [6, 6.07) is 6.38. The summed E-state index contributed by atoms with van der Waals surface area (Å²) in [6.07, 6.45) is 0. The summed E-state index contributed by atoms with van der Waals surface area (Å²) in [4.78, 5) is 3.89. The van der Waals surface area contributed by atoms with Crippen LogP contribution in [0.5, 0.6) is 5.75 Å². The molecule has 7 N–H and O–H groups in total. The zero-order valence-electron chi connectivity index (χ0n) is 10.4. The lowest BCUT2D eigenvalue weighted by Crippen LogP contribution is -2.13. The fourth-order valence-electron chi connectivity index (χ4n) is 1.60. The van der Waals surface area contributed by atoms with E-state index in [-0.39, 0.29) is 35.5 Å². The molecule has 1 aromatic carbocycles. The van der Waals surface area contributed by atoms with E-state index < -0.39 is 0 Å². The summed E-state index contributed by atoms with van der Waals surface area (Å²) in [7, 11) is 0. The molecular weight excluding hydrogens is 329 g/mol. The molecule has 20 heavy (non-hydrogen) atoms. The second-order valence-corrected chi connectivity index (χ2v) is 4.81. The largest absolute Gasteiger partial charge is 0.486 e. The number of nitrogen functional groups attached to an aromatic ring is 3. The number of anilines is 3. The third-order valence-corrected chi connectivity index (χ3v) is 3.20. The van der Waals surface area contributed by atoms with Gasteiger partial charge in [0.25, 0.3) is 0 Å². The van der Waals surface area contributed by atoms with E-state index in [1.165, 1.54) is 6.07 Å². The minimum atomic E-state index is -0.384. The van der Waals surface area contributed by atoms with Gasteiger partial charge in [-0.15, -0.1) is 0 Å². The standard InChI is InChI=1S/C12H13BrFN5O/c13-7-3-1-2-6(10(7)14)5-20-8-4-9(15)18-12(19-17)11(8)16/h1-4H,5,16-17H2,(H3,15,18,19). The number of hydrazine groups is 1. The zero-order valence-corrected chi connectivity index (χ0v) is 11.9. The molecule has 0 bridgehead atoms. The summed E-state index contributed by atoms with van der Waals surface area (Å²) in [5, 5.41) is 0. The van der Waals surface area contributed by atoms with Gasteiger partial charge in [0.15, 0.2) is 5.82 Å². The third-order valence-electron chi connectivity index (χ3n) is 2.59. The molecule has 0 radical (unpaired) electrons. The lowest BCUT2D eigenvalue weighted by molar-refractivity contribution is 0.301. The van der Waals surface area contributed by atoms with E-state index in [2.05, 4.69) is 26.3 Å². The maximum atomic E-state index is 13.8. The summed E-state index contributed by atoms with van der Waals surface area (Å²) < 4.78 is 19.6. The van der Waals surface area contributed by atoms with Crippen molar-refractivity contribution in [2.75, 3.05) is 16.9 Å². The maximum absolute atomic E-state index is 13.8. The Kier molecular flexibility index (Phi) is 4.26. The molecule has 0 aliphatic heterocycles. The van der Waals surface area contributed by atoms with E-state index in [1.807, 2.05) is 0 Å². The number of ether oxygens (including phenoxy) is 1. The number of hydrogen-bond acceptors (Lipinski definition) is 6. The lowest BCUT2D eigenvalue weighted by Gasteiger charge is -2.13. The lowest BCUT2D eigenvalue weighted by atomic mass is 10.2. The van der Waals surface area contributed by atoms with Crippen LogP contribution in [0.4, 0.5) is 21.7 Å². The first kappa shape index (κ1) is 14.4. The Morgan fingerprint density at radius 1 is 1.35 bits per heavy atom. The minimum Gasteiger partial charge on any atom is -0.486 e. The van der Waals surface area contributed by atoms with Crippen molar-refractivity contribution in [1.29, 1.82) is 0 Å². The average Bonchev–Trinajstić information content (AvgIpc) is 2.43. The van der Waals surface area contributed by atoms with E-state index in [4.69, 9.17) is 22.0 Å². The number of nitrogens with two attached hydrogens (primary N) is 3. The van der Waals surface area contributed by atoms with Crippen LogP contribution in [0.1, 0.15) is 5.56 Å². The van der Waals surface area contributed by atoms with Gasteiger partial charge in [0.2, 0.25) is 0 Å². The summed E-state index contributed by atoms with van der Waals surface area (Å²) in [5.74, 6) is 5.56. The van der Waals surface area contributed by atoms with Crippen molar-refractivity contribution in [3.8, 4) is 5.75 Å². The SMILES string of the molecule is NNc1nc(N)cc(OCc2cccc(Br)c2F)c1N. The van der Waals surface area contributed by atoms with Crippen LogP contribution in [0.2, 0.25) is 0 Å². The number of aromatic nitrogens is 1. The van der Waals surface area contributed by atoms with Gasteiger partial charge in [-0.25, -0.2) is 15.2 Å². The van der Waals surface area contributed by atoms with Gasteiger partial charge in [0.05, 0.1) is 4.47 Å². The number of nitrogens with one attached hydrogen (secondary N) is 1. The van der Waals surface area contributed by atoms with Gasteiger partial charge in [-0.1, -0.05) is 12.1 Å². The minimum absolute atomic E-state index is 0.00291. The van der Waals surface area contributed by atoms with Gasteiger partial charge >= 0.3 is 0 Å². The average molecular weight is 342 g/mol. The van der Waals surface area contributed by atoms with Gasteiger partial charge in [0, 0.05) is 11.6 Å². The quantitative estimate of drug-likeness (QED) is 0.500. The van der Waals surface area contributed by atoms with Crippen LogP contribution < -0.4 is 27.5 Å². The summed E-state index contributed by atoms with van der Waals surface area (Å²) in [6.45, 7) is 0.00291. The Balaban J connectivity index is 2.23. The van der Waals surface area contributed by atoms with Gasteiger partial charge in [0.1, 0.15) is 29.7 Å². The van der Waals surface area contributed by atoms with Crippen LogP contribution in [0.3, 0.4) is 0 Å². The van der Waals surface area contributed by atoms with E-state index >= 15 is 0 Å². The summed E-state index contributed by atoms with van der Waals surface area (Å²) in [5.41, 5.74) is 14.3. The highest BCUT2D eigenvalue weighted by Gasteiger charge is 2.11. The highest BCUT2D eigenvalue weighted by Crippen LogP contribution is 2.30. The van der Waals surface area contributed by atoms with E-state index in [1.54, 1.807) is 18.2 Å². The molecule has 0 unspecified atom stereocenters. The number of rotatable bonds is 4. The predicted octanol–water partition coefficient (Wildman–Crippen LogP) is 2.01. The molecule has 8 heteroatoms. The van der Waals surface area contributed by atoms with Crippen LogP contribution >= 0.6 is 15.9 Å². The smallest absolute Gasteiger partial charge is 0.169 e.